The summed E-state index contributed by atoms with van der Waals surface area (Å²) in [6.07, 6.45) is 19.3. The predicted molar refractivity (Wildman–Crippen MR) is 269 cm³/mol. The second-order valence-corrected chi connectivity index (χ2v) is 22.5. The normalized spacial score (nSPS) is 24.4. The Morgan fingerprint density at radius 2 is 0.859 bits per heavy atom. The van der Waals surface area contributed by atoms with Gasteiger partial charge < -0.3 is 23.5 Å². The van der Waals surface area contributed by atoms with Crippen molar-refractivity contribution in [2.24, 2.45) is 0 Å². The van der Waals surface area contributed by atoms with Gasteiger partial charge in [0.2, 0.25) is 0 Å². The summed E-state index contributed by atoms with van der Waals surface area (Å²) in [5, 5.41) is 0. The Morgan fingerprint density at radius 1 is 0.469 bits per heavy atom. The molecule has 4 fully saturated rings. The van der Waals surface area contributed by atoms with Gasteiger partial charge in [-0.25, -0.2) is 0 Å². The smallest absolute Gasteiger partial charge is 0.399 e. The van der Waals surface area contributed by atoms with Gasteiger partial charge in [0.05, 0.1) is 22.4 Å². The van der Waals surface area contributed by atoms with Gasteiger partial charge in [0, 0.05) is 27.9 Å². The monoisotopic (exact) mass is 862 g/mol. The van der Waals surface area contributed by atoms with E-state index in [-0.39, 0.29) is 10.8 Å². The number of nitrogens with zero attached hydrogens (tertiary/aromatic N) is 1. The number of fused-ring (bicyclic) bond motifs is 3. The van der Waals surface area contributed by atoms with Crippen LogP contribution in [0.3, 0.4) is 0 Å². The van der Waals surface area contributed by atoms with E-state index < -0.39 is 36.6 Å². The topological polar surface area (TPSA) is 40.2 Å². The highest BCUT2D eigenvalue weighted by atomic mass is 16.7. The number of aryl methyl sites for hydroxylation is 3. The van der Waals surface area contributed by atoms with Crippen molar-refractivity contribution < 1.29 is 18.6 Å². The fourth-order valence-corrected chi connectivity index (χ4v) is 12.5. The Bertz CT molecular complexity index is 2230. The molecule has 64 heavy (non-hydrogen) atoms. The lowest BCUT2D eigenvalue weighted by atomic mass is 9.55. The van der Waals surface area contributed by atoms with Crippen molar-refractivity contribution in [3.8, 4) is 11.1 Å². The van der Waals surface area contributed by atoms with Gasteiger partial charge in [0.1, 0.15) is 0 Å². The van der Waals surface area contributed by atoms with Crippen LogP contribution >= 0.6 is 0 Å². The Hall–Kier alpha value is -3.35. The van der Waals surface area contributed by atoms with E-state index in [0.29, 0.717) is 0 Å². The molecule has 0 atom stereocenters. The first-order chi connectivity index (χ1) is 30.5. The van der Waals surface area contributed by atoms with Gasteiger partial charge in [0.15, 0.2) is 0 Å². The van der Waals surface area contributed by atoms with Crippen LogP contribution in [-0.2, 0) is 42.3 Å². The molecule has 2 aliphatic heterocycles. The molecule has 0 N–H and O–H groups in total. The lowest BCUT2D eigenvalue weighted by Gasteiger charge is -2.48. The minimum Gasteiger partial charge on any atom is -0.399 e. The van der Waals surface area contributed by atoms with Gasteiger partial charge in [-0.05, 0) is 194 Å². The van der Waals surface area contributed by atoms with Gasteiger partial charge in [0.25, 0.3) is 0 Å². The van der Waals surface area contributed by atoms with Crippen LogP contribution in [-0.4, -0.2) is 36.6 Å². The summed E-state index contributed by atoms with van der Waals surface area (Å²) >= 11 is 0. The third-order valence-corrected chi connectivity index (χ3v) is 17.5. The molecule has 2 heterocycles. The van der Waals surface area contributed by atoms with Crippen molar-refractivity contribution in [2.75, 3.05) is 4.90 Å². The van der Waals surface area contributed by atoms with Gasteiger partial charge >= 0.3 is 14.2 Å². The molecule has 5 nitrogen and oxygen atoms in total. The molecule has 2 saturated heterocycles. The highest BCUT2D eigenvalue weighted by molar-refractivity contribution is 6.63. The molecule has 9 rings (SSSR count). The van der Waals surface area contributed by atoms with Crippen LogP contribution in [0.15, 0.2) is 72.8 Å². The number of anilines is 3. The largest absolute Gasteiger partial charge is 0.495 e. The van der Waals surface area contributed by atoms with Crippen molar-refractivity contribution in [3.05, 3.63) is 101 Å². The minimum atomic E-state index is -0.413. The summed E-state index contributed by atoms with van der Waals surface area (Å²) in [5.41, 5.74) is 14.8. The quantitative estimate of drug-likeness (QED) is 0.0880. The third kappa shape index (κ3) is 7.65. The van der Waals surface area contributed by atoms with Crippen LogP contribution in [0.4, 0.5) is 17.1 Å². The Labute approximate surface area is 388 Å². The Balaban J connectivity index is 1.22. The van der Waals surface area contributed by atoms with Gasteiger partial charge in [-0.1, -0.05) is 107 Å². The molecular formula is C57H77B2NO4. The van der Waals surface area contributed by atoms with E-state index in [1.54, 1.807) is 11.1 Å². The highest BCUT2D eigenvalue weighted by Crippen LogP contribution is 2.69. The predicted octanol–water partition coefficient (Wildman–Crippen LogP) is 13.8. The van der Waals surface area contributed by atoms with Gasteiger partial charge in [-0.2, -0.15) is 0 Å². The summed E-state index contributed by atoms with van der Waals surface area (Å²) in [7, 11) is -0.820. The number of benzene rings is 4. The van der Waals surface area contributed by atoms with E-state index in [0.717, 1.165) is 36.6 Å². The van der Waals surface area contributed by atoms with E-state index in [2.05, 4.69) is 154 Å². The first-order valence-electron chi connectivity index (χ1n) is 25.5. The van der Waals surface area contributed by atoms with E-state index in [9.17, 15) is 0 Å². The fourth-order valence-electron chi connectivity index (χ4n) is 12.5. The number of hydrogen-bond donors (Lipinski definition) is 0. The number of hydrogen-bond acceptors (Lipinski definition) is 5. The van der Waals surface area contributed by atoms with Crippen LogP contribution in [0.25, 0.3) is 11.1 Å². The lowest BCUT2D eigenvalue weighted by Crippen LogP contribution is -2.43. The van der Waals surface area contributed by atoms with E-state index in [1.807, 2.05) is 0 Å². The molecule has 0 amide bonds. The van der Waals surface area contributed by atoms with Crippen molar-refractivity contribution >= 4 is 42.2 Å². The summed E-state index contributed by atoms with van der Waals surface area (Å²) in [6.45, 7) is 24.2. The average Bonchev–Trinajstić information content (AvgIpc) is 3.94. The maximum absolute atomic E-state index is 6.77. The zero-order chi connectivity index (χ0) is 45.3. The third-order valence-electron chi connectivity index (χ3n) is 17.5. The van der Waals surface area contributed by atoms with Crippen LogP contribution in [0.2, 0.25) is 0 Å². The van der Waals surface area contributed by atoms with Gasteiger partial charge in [-0.3, -0.25) is 0 Å². The fraction of sp³-hybridized carbons (Fsp3) is 0.579. The highest BCUT2D eigenvalue weighted by Gasteiger charge is 2.62. The van der Waals surface area contributed by atoms with Crippen molar-refractivity contribution in [1.82, 2.24) is 0 Å². The molecular weight excluding hydrogens is 784 g/mol. The molecule has 7 heteroatoms. The van der Waals surface area contributed by atoms with Crippen molar-refractivity contribution in [1.29, 1.82) is 0 Å². The molecule has 5 aliphatic rings. The summed E-state index contributed by atoms with van der Waals surface area (Å²) in [6, 6.07) is 29.1. The maximum atomic E-state index is 6.77. The van der Waals surface area contributed by atoms with Crippen molar-refractivity contribution in [2.45, 2.75) is 212 Å². The zero-order valence-electron chi connectivity index (χ0n) is 41.5. The molecule has 4 aromatic rings. The maximum Gasteiger partial charge on any atom is 0.495 e. The average molecular weight is 862 g/mol. The molecule has 0 aromatic heterocycles. The Kier molecular flexibility index (Phi) is 12.2. The lowest BCUT2D eigenvalue weighted by molar-refractivity contribution is 0.00578. The van der Waals surface area contributed by atoms with E-state index >= 15 is 0 Å². The molecule has 340 valence electrons. The molecule has 2 saturated carbocycles. The van der Waals surface area contributed by atoms with E-state index in [4.69, 9.17) is 18.6 Å². The van der Waals surface area contributed by atoms with Crippen molar-refractivity contribution in [3.63, 3.8) is 0 Å². The molecule has 4 aromatic carbocycles. The zero-order valence-corrected chi connectivity index (χ0v) is 41.5. The molecule has 0 bridgehead atoms. The Morgan fingerprint density at radius 3 is 1.30 bits per heavy atom. The molecule has 3 aliphatic carbocycles. The summed E-state index contributed by atoms with van der Waals surface area (Å²) in [5.74, 6) is 0. The molecule has 0 radical (unpaired) electrons. The number of rotatable bonds is 15. The second-order valence-electron chi connectivity index (χ2n) is 22.5. The first-order valence-corrected chi connectivity index (χ1v) is 25.5. The van der Waals surface area contributed by atoms with Crippen LogP contribution < -0.4 is 15.8 Å². The summed E-state index contributed by atoms with van der Waals surface area (Å²) < 4.78 is 27.1. The summed E-state index contributed by atoms with van der Waals surface area (Å²) in [4.78, 5) is 2.57. The molecule has 0 unspecified atom stereocenters. The SMILES string of the molecule is CCCCCCc1cc(N(c2ccc(B3OC(C)(C)C(C)(C)O3)c(CCCCCC)c2)c2ccc3c(c2)[C@]24CCC[C@]2(CCC4)c2cc(C)ccc2-3)ccc1B1OC(C)(C)C(C)(C)O1. The first kappa shape index (κ1) is 45.8. The minimum absolute atomic E-state index is 0.168. The van der Waals surface area contributed by atoms with Crippen LogP contribution in [0.1, 0.15) is 187 Å². The molecule has 0 spiro atoms. The standard InChI is InChI=1S/C57H77B2NO4/c1-12-14-16-18-22-41-37-43(26-30-50(41)58-61-52(4,5)53(6,7)62-58)60(44-27-31-51(42(38-44)23-19-17-15-13-2)59-63-54(8,9)55(10,11)64-59)45-25-29-47-46-28-24-40(3)36-48(46)56-32-20-34-57(56,35-21-33-56)49(47)39-45/h24-31,36-39H,12-23,32-35H2,1-11H3/t56-,57+. The van der Waals surface area contributed by atoms with Crippen LogP contribution in [0.5, 0.6) is 0 Å². The second kappa shape index (κ2) is 17.1. The van der Waals surface area contributed by atoms with Crippen LogP contribution in [0, 0.1) is 6.92 Å². The van der Waals surface area contributed by atoms with Gasteiger partial charge in [-0.15, -0.1) is 0 Å². The van der Waals surface area contributed by atoms with E-state index in [1.165, 1.54) is 122 Å². The number of unbranched alkanes of at least 4 members (excludes halogenated alkanes) is 6.